The van der Waals surface area contributed by atoms with E-state index in [9.17, 15) is 4.57 Å². The maximum absolute atomic E-state index is 11.2. The maximum Gasteiger partial charge on any atom is 0.524 e. The Bertz CT molecular complexity index is 502. The number of benzene rings is 1. The van der Waals surface area contributed by atoms with E-state index in [1.165, 1.54) is 12.8 Å². The summed E-state index contributed by atoms with van der Waals surface area (Å²) in [4.78, 5) is 18.3. The van der Waals surface area contributed by atoms with Crippen LogP contribution in [0.15, 0.2) is 18.2 Å². The lowest BCUT2D eigenvalue weighted by Crippen LogP contribution is -2.04. The smallest absolute Gasteiger partial charge is 0.404 e. The van der Waals surface area contributed by atoms with Gasteiger partial charge in [0, 0.05) is 0 Å². The molecule has 0 aromatic heterocycles. The molecule has 0 aliphatic heterocycles. The van der Waals surface area contributed by atoms with Crippen molar-refractivity contribution in [2.75, 3.05) is 0 Å². The van der Waals surface area contributed by atoms with Gasteiger partial charge in [-0.25, -0.2) is 4.57 Å². The molecular formula is C14H21O4P. The second-order valence-electron chi connectivity index (χ2n) is 5.63. The Hall–Kier alpha value is -0.830. The van der Waals surface area contributed by atoms with Gasteiger partial charge in [-0.1, -0.05) is 39.0 Å². The summed E-state index contributed by atoms with van der Waals surface area (Å²) in [6.45, 7) is 6.09. The zero-order valence-corrected chi connectivity index (χ0v) is 12.4. The van der Waals surface area contributed by atoms with Crippen LogP contribution in [0.4, 0.5) is 0 Å². The highest BCUT2D eigenvalue weighted by Gasteiger charge is 2.33. The topological polar surface area (TPSA) is 66.8 Å². The summed E-state index contributed by atoms with van der Waals surface area (Å²) in [7, 11) is -4.53. The molecule has 0 saturated heterocycles. The van der Waals surface area contributed by atoms with Gasteiger partial charge in [0.25, 0.3) is 0 Å². The van der Waals surface area contributed by atoms with E-state index in [0.717, 1.165) is 11.1 Å². The molecule has 0 radical (unpaired) electrons. The molecule has 2 N–H and O–H groups in total. The lowest BCUT2D eigenvalue weighted by molar-refractivity contribution is 0.280. The van der Waals surface area contributed by atoms with E-state index < -0.39 is 7.82 Å². The van der Waals surface area contributed by atoms with Gasteiger partial charge in [0.05, 0.1) is 0 Å². The largest absolute Gasteiger partial charge is 0.524 e. The van der Waals surface area contributed by atoms with E-state index in [2.05, 4.69) is 6.92 Å². The van der Waals surface area contributed by atoms with Crippen LogP contribution in [0.2, 0.25) is 0 Å². The summed E-state index contributed by atoms with van der Waals surface area (Å²) in [5.74, 6) is 1.43. The number of rotatable bonds is 5. The van der Waals surface area contributed by atoms with Gasteiger partial charge >= 0.3 is 7.82 Å². The van der Waals surface area contributed by atoms with Gasteiger partial charge in [-0.15, -0.1) is 0 Å². The summed E-state index contributed by atoms with van der Waals surface area (Å²) in [5, 5.41) is 0. The first-order valence-electron chi connectivity index (χ1n) is 6.67. The Labute approximate surface area is 114 Å². The van der Waals surface area contributed by atoms with E-state index in [1.807, 2.05) is 32.0 Å². The molecule has 19 heavy (non-hydrogen) atoms. The molecule has 5 heteroatoms. The van der Waals surface area contributed by atoms with E-state index in [-0.39, 0.29) is 11.8 Å². The number of phosphoric acid groups is 1. The quantitative estimate of drug-likeness (QED) is 0.807. The fourth-order valence-electron chi connectivity index (χ4n) is 2.46. The van der Waals surface area contributed by atoms with Crippen LogP contribution in [0.25, 0.3) is 0 Å². The predicted octanol–water partition coefficient (Wildman–Crippen LogP) is 3.80. The molecule has 4 nitrogen and oxygen atoms in total. The Kier molecular flexibility index (Phi) is 4.05. The third kappa shape index (κ3) is 3.59. The number of phosphoric ester groups is 1. The van der Waals surface area contributed by atoms with Gasteiger partial charge in [-0.05, 0) is 41.7 Å². The minimum Gasteiger partial charge on any atom is -0.404 e. The zero-order valence-electron chi connectivity index (χ0n) is 11.5. The molecule has 1 aliphatic rings. The van der Waals surface area contributed by atoms with Crippen molar-refractivity contribution < 1.29 is 18.9 Å². The fourth-order valence-corrected chi connectivity index (χ4v) is 2.91. The number of hydrogen-bond acceptors (Lipinski definition) is 2. The van der Waals surface area contributed by atoms with Crippen molar-refractivity contribution in [2.45, 2.75) is 45.4 Å². The molecule has 1 fully saturated rings. The summed E-state index contributed by atoms with van der Waals surface area (Å²) in [6.07, 6.45) is 2.37. The first kappa shape index (κ1) is 14.6. The van der Waals surface area contributed by atoms with E-state index in [4.69, 9.17) is 14.3 Å². The van der Waals surface area contributed by atoms with Crippen molar-refractivity contribution in [3.05, 3.63) is 29.3 Å². The first-order valence-corrected chi connectivity index (χ1v) is 8.20. The Balaban J connectivity index is 2.46. The Morgan fingerprint density at radius 3 is 2.26 bits per heavy atom. The average Bonchev–Trinajstić information content (AvgIpc) is 3.09. The van der Waals surface area contributed by atoms with Crippen molar-refractivity contribution in [3.8, 4) is 5.75 Å². The van der Waals surface area contributed by atoms with E-state index >= 15 is 0 Å². The molecule has 1 aromatic carbocycles. The maximum atomic E-state index is 11.2. The van der Waals surface area contributed by atoms with Crippen molar-refractivity contribution in [3.63, 3.8) is 0 Å². The molecule has 0 spiro atoms. The first-order chi connectivity index (χ1) is 8.79. The zero-order chi connectivity index (χ0) is 14.2. The highest BCUT2D eigenvalue weighted by molar-refractivity contribution is 7.46. The molecule has 1 saturated carbocycles. The van der Waals surface area contributed by atoms with Crippen molar-refractivity contribution >= 4 is 7.82 Å². The predicted molar refractivity (Wildman–Crippen MR) is 74.3 cm³/mol. The van der Waals surface area contributed by atoms with Crippen LogP contribution >= 0.6 is 7.82 Å². The summed E-state index contributed by atoms with van der Waals surface area (Å²) < 4.78 is 16.2. The second kappa shape index (κ2) is 5.28. The Morgan fingerprint density at radius 2 is 1.79 bits per heavy atom. The molecular weight excluding hydrogens is 263 g/mol. The highest BCUT2D eigenvalue weighted by atomic mass is 31.2. The fraction of sp³-hybridized carbons (Fsp3) is 0.571. The third-order valence-electron chi connectivity index (χ3n) is 3.73. The van der Waals surface area contributed by atoms with Gasteiger partial charge in [0.1, 0.15) is 5.75 Å². The Morgan fingerprint density at radius 1 is 1.21 bits per heavy atom. The van der Waals surface area contributed by atoms with Crippen LogP contribution in [0.5, 0.6) is 5.75 Å². The normalized spacial score (nSPS) is 17.6. The molecule has 1 aromatic rings. The average molecular weight is 284 g/mol. The van der Waals surface area contributed by atoms with Crippen LogP contribution in [0, 0.1) is 5.92 Å². The van der Waals surface area contributed by atoms with Crippen LogP contribution < -0.4 is 4.52 Å². The summed E-state index contributed by atoms with van der Waals surface area (Å²) in [5.41, 5.74) is 1.77. The molecule has 0 heterocycles. The van der Waals surface area contributed by atoms with Crippen LogP contribution in [0.1, 0.15) is 56.6 Å². The number of para-hydroxylation sites is 1. The SMILES string of the molecule is CC(C)c1cccc([C@H](C)C2CC2)c1OP(=O)(O)O. The van der Waals surface area contributed by atoms with Crippen molar-refractivity contribution in [1.29, 1.82) is 0 Å². The molecule has 2 rings (SSSR count). The molecule has 106 valence electrons. The number of hydrogen-bond donors (Lipinski definition) is 2. The van der Waals surface area contributed by atoms with Crippen LogP contribution in [-0.2, 0) is 4.57 Å². The molecule has 1 aliphatic carbocycles. The van der Waals surface area contributed by atoms with Gasteiger partial charge in [0.15, 0.2) is 0 Å². The highest BCUT2D eigenvalue weighted by Crippen LogP contribution is 2.49. The van der Waals surface area contributed by atoms with Crippen LogP contribution in [0.3, 0.4) is 0 Å². The molecule has 0 amide bonds. The lowest BCUT2D eigenvalue weighted by atomic mass is 9.90. The van der Waals surface area contributed by atoms with Gasteiger partial charge in [0.2, 0.25) is 0 Å². The minimum atomic E-state index is -4.53. The van der Waals surface area contributed by atoms with Crippen LogP contribution in [-0.4, -0.2) is 9.79 Å². The van der Waals surface area contributed by atoms with Crippen molar-refractivity contribution in [2.24, 2.45) is 5.92 Å². The minimum absolute atomic E-state index is 0.160. The summed E-state index contributed by atoms with van der Waals surface area (Å²) in [6, 6.07) is 5.73. The van der Waals surface area contributed by atoms with Gasteiger partial charge < -0.3 is 4.52 Å². The van der Waals surface area contributed by atoms with E-state index in [1.54, 1.807) is 0 Å². The second-order valence-corrected chi connectivity index (χ2v) is 6.79. The van der Waals surface area contributed by atoms with Gasteiger partial charge in [-0.3, -0.25) is 9.79 Å². The third-order valence-corrected chi connectivity index (χ3v) is 4.15. The van der Waals surface area contributed by atoms with Gasteiger partial charge in [-0.2, -0.15) is 0 Å². The molecule has 0 bridgehead atoms. The van der Waals surface area contributed by atoms with E-state index in [0.29, 0.717) is 11.7 Å². The monoisotopic (exact) mass is 284 g/mol. The standard InChI is InChI=1S/C14H21O4P/c1-9(2)12-5-4-6-13(10(3)11-7-8-11)14(12)18-19(15,16)17/h4-6,9-11H,7-8H2,1-3H3,(H2,15,16,17)/t10-/m1/s1. The lowest BCUT2D eigenvalue weighted by Gasteiger charge is -2.21. The van der Waals surface area contributed by atoms with Crippen molar-refractivity contribution in [1.82, 2.24) is 0 Å². The summed E-state index contributed by atoms with van der Waals surface area (Å²) >= 11 is 0. The molecule has 0 unspecified atom stereocenters. The molecule has 1 atom stereocenters.